The number of H-pyrrole nitrogens is 1. The number of ether oxygens (including phenoxy) is 1. The van der Waals surface area contributed by atoms with Crippen molar-refractivity contribution in [3.63, 3.8) is 0 Å². The van der Waals surface area contributed by atoms with E-state index >= 15 is 0 Å². The first-order valence-corrected chi connectivity index (χ1v) is 6.79. The quantitative estimate of drug-likeness (QED) is 0.532. The topological polar surface area (TPSA) is 88.8 Å². The van der Waals surface area contributed by atoms with Gasteiger partial charge in [-0.05, 0) is 44.4 Å². The molecule has 6 heteroatoms. The lowest BCUT2D eigenvalue weighted by atomic mass is 10.1. The van der Waals surface area contributed by atoms with E-state index in [9.17, 15) is 0 Å². The molecule has 108 valence electrons. The lowest BCUT2D eigenvalue weighted by Gasteiger charge is -2.13. The second-order valence-corrected chi connectivity index (χ2v) is 4.90. The van der Waals surface area contributed by atoms with Gasteiger partial charge in [0, 0.05) is 6.54 Å². The summed E-state index contributed by atoms with van der Waals surface area (Å²) in [5.41, 5.74) is 7.89. The van der Waals surface area contributed by atoms with E-state index in [1.807, 2.05) is 26.0 Å². The maximum absolute atomic E-state index is 5.99. The van der Waals surface area contributed by atoms with Crippen molar-refractivity contribution in [2.45, 2.75) is 32.8 Å². The number of nitrogens with one attached hydrogen (secondary N) is 2. The van der Waals surface area contributed by atoms with Crippen LogP contribution in [0.15, 0.2) is 24.5 Å². The summed E-state index contributed by atoms with van der Waals surface area (Å²) in [4.78, 5) is 4.00. The number of rotatable bonds is 7. The molecule has 0 radical (unpaired) electrons. The van der Waals surface area contributed by atoms with E-state index in [0.717, 1.165) is 25.1 Å². The van der Waals surface area contributed by atoms with E-state index in [0.29, 0.717) is 11.6 Å². The molecule has 2 rings (SSSR count). The Hall–Kier alpha value is -2.24. The zero-order chi connectivity index (χ0) is 14.4. The van der Waals surface area contributed by atoms with Gasteiger partial charge in [-0.15, -0.1) is 0 Å². The predicted molar refractivity (Wildman–Crippen MR) is 79.8 cm³/mol. The van der Waals surface area contributed by atoms with Crippen molar-refractivity contribution in [3.05, 3.63) is 30.1 Å². The zero-order valence-electron chi connectivity index (χ0n) is 11.9. The van der Waals surface area contributed by atoms with Crippen LogP contribution in [0.2, 0.25) is 0 Å². The number of benzene rings is 1. The third-order valence-corrected chi connectivity index (χ3v) is 2.79. The highest BCUT2D eigenvalue weighted by Gasteiger charge is 2.04. The second kappa shape index (κ2) is 6.79. The molecule has 0 saturated carbocycles. The molecule has 0 aliphatic carbocycles. The highest BCUT2D eigenvalue weighted by molar-refractivity contribution is 5.54. The monoisotopic (exact) mass is 275 g/mol. The molecular weight excluding hydrogens is 254 g/mol. The molecule has 0 saturated heterocycles. The van der Waals surface area contributed by atoms with Crippen molar-refractivity contribution in [2.75, 3.05) is 17.6 Å². The minimum atomic E-state index is 0.134. The van der Waals surface area contributed by atoms with Crippen molar-refractivity contribution in [3.8, 4) is 5.75 Å². The number of aromatic amines is 1. The van der Waals surface area contributed by atoms with Gasteiger partial charge >= 0.3 is 0 Å². The van der Waals surface area contributed by atoms with E-state index in [2.05, 4.69) is 26.6 Å². The lowest BCUT2D eigenvalue weighted by Crippen LogP contribution is -2.08. The van der Waals surface area contributed by atoms with Gasteiger partial charge < -0.3 is 15.8 Å². The largest absolute Gasteiger partial charge is 0.489 e. The summed E-state index contributed by atoms with van der Waals surface area (Å²) < 4.78 is 5.62. The number of hydrogen-bond donors (Lipinski definition) is 3. The van der Waals surface area contributed by atoms with Crippen LogP contribution in [0.1, 0.15) is 25.8 Å². The van der Waals surface area contributed by atoms with Crippen molar-refractivity contribution in [1.82, 2.24) is 15.2 Å². The molecule has 0 fully saturated rings. The van der Waals surface area contributed by atoms with Gasteiger partial charge in [-0.1, -0.05) is 6.07 Å². The number of aryl methyl sites for hydroxylation is 1. The van der Waals surface area contributed by atoms with Gasteiger partial charge in [-0.3, -0.25) is 0 Å². The highest BCUT2D eigenvalue weighted by Crippen LogP contribution is 2.24. The number of hydrogen-bond acceptors (Lipinski definition) is 5. The molecule has 1 heterocycles. The Morgan fingerprint density at radius 2 is 2.25 bits per heavy atom. The molecule has 0 bridgehead atoms. The first-order chi connectivity index (χ1) is 9.65. The molecule has 6 nitrogen and oxygen atoms in total. The van der Waals surface area contributed by atoms with Crippen LogP contribution in [0.3, 0.4) is 0 Å². The van der Waals surface area contributed by atoms with Crippen LogP contribution in [0.5, 0.6) is 5.75 Å². The summed E-state index contributed by atoms with van der Waals surface area (Å²) in [5, 5.41) is 9.70. The van der Waals surface area contributed by atoms with Crippen molar-refractivity contribution in [2.24, 2.45) is 0 Å². The molecule has 0 aliphatic heterocycles. The van der Waals surface area contributed by atoms with Crippen LogP contribution in [0, 0.1) is 0 Å². The number of nitrogen functional groups attached to an aromatic ring is 1. The predicted octanol–water partition coefficient (Wildman–Crippen LogP) is 2.22. The van der Waals surface area contributed by atoms with Crippen molar-refractivity contribution in [1.29, 1.82) is 0 Å². The number of aromatic nitrogens is 3. The summed E-state index contributed by atoms with van der Waals surface area (Å²) in [6.07, 6.45) is 3.56. The van der Waals surface area contributed by atoms with Gasteiger partial charge in [0.2, 0.25) is 5.95 Å². The van der Waals surface area contributed by atoms with Gasteiger partial charge in [0.15, 0.2) is 0 Å². The summed E-state index contributed by atoms with van der Waals surface area (Å²) >= 11 is 0. The summed E-state index contributed by atoms with van der Waals surface area (Å²) in [6.45, 7) is 4.81. The Labute approximate surface area is 118 Å². The van der Waals surface area contributed by atoms with Crippen LogP contribution in [-0.4, -0.2) is 27.8 Å². The van der Waals surface area contributed by atoms with Crippen LogP contribution < -0.4 is 15.8 Å². The lowest BCUT2D eigenvalue weighted by molar-refractivity contribution is 0.244. The van der Waals surface area contributed by atoms with Gasteiger partial charge in [0.25, 0.3) is 0 Å². The molecule has 0 unspecified atom stereocenters. The second-order valence-electron chi connectivity index (χ2n) is 4.90. The molecule has 4 N–H and O–H groups in total. The van der Waals surface area contributed by atoms with Crippen LogP contribution >= 0.6 is 0 Å². The molecular formula is C14H21N5O. The molecule has 0 spiro atoms. The maximum atomic E-state index is 5.99. The fraction of sp³-hybridized carbons (Fsp3) is 0.429. The van der Waals surface area contributed by atoms with Crippen molar-refractivity contribution < 1.29 is 4.74 Å². The van der Waals surface area contributed by atoms with E-state index in [4.69, 9.17) is 10.5 Å². The Bertz CT molecular complexity index is 524. The average Bonchev–Trinajstić information content (AvgIpc) is 2.90. The highest BCUT2D eigenvalue weighted by atomic mass is 16.5. The fourth-order valence-electron chi connectivity index (χ4n) is 1.90. The van der Waals surface area contributed by atoms with Gasteiger partial charge in [-0.2, -0.15) is 5.10 Å². The normalized spacial score (nSPS) is 10.8. The molecule has 2 aromatic rings. The van der Waals surface area contributed by atoms with Gasteiger partial charge in [-0.25, -0.2) is 10.1 Å². The number of nitrogens with two attached hydrogens (primary N) is 1. The SMILES string of the molecule is CC(C)Oc1ccc(CCCNc2ncn[nH]2)cc1N. The smallest absolute Gasteiger partial charge is 0.218 e. The summed E-state index contributed by atoms with van der Waals surface area (Å²) in [7, 11) is 0. The standard InChI is InChI=1S/C14H21N5O/c1-10(2)20-13-6-5-11(8-12(13)15)4-3-7-16-14-17-9-18-19-14/h5-6,8-10H,3-4,7,15H2,1-2H3,(H2,16,17,18,19). The summed E-state index contributed by atoms with van der Waals surface area (Å²) in [5.74, 6) is 1.45. The van der Waals surface area contributed by atoms with E-state index < -0.39 is 0 Å². The average molecular weight is 275 g/mol. The Morgan fingerprint density at radius 1 is 1.40 bits per heavy atom. The molecule has 0 aliphatic rings. The van der Waals surface area contributed by atoms with Crippen molar-refractivity contribution >= 4 is 11.6 Å². The number of anilines is 2. The van der Waals surface area contributed by atoms with E-state index in [1.54, 1.807) is 0 Å². The zero-order valence-corrected chi connectivity index (χ0v) is 11.9. The minimum Gasteiger partial charge on any atom is -0.489 e. The molecule has 1 aromatic carbocycles. The molecule has 20 heavy (non-hydrogen) atoms. The Morgan fingerprint density at radius 3 is 2.90 bits per heavy atom. The van der Waals surface area contributed by atoms with Crippen LogP contribution in [0.4, 0.5) is 11.6 Å². The van der Waals surface area contributed by atoms with Crippen LogP contribution in [0.25, 0.3) is 0 Å². The Balaban J connectivity index is 1.79. The molecule has 0 amide bonds. The molecule has 1 aromatic heterocycles. The number of nitrogens with zero attached hydrogens (tertiary/aromatic N) is 2. The first-order valence-electron chi connectivity index (χ1n) is 6.79. The van der Waals surface area contributed by atoms with Crippen LogP contribution in [-0.2, 0) is 6.42 Å². The van der Waals surface area contributed by atoms with E-state index in [-0.39, 0.29) is 6.10 Å². The minimum absolute atomic E-state index is 0.134. The fourth-order valence-corrected chi connectivity index (χ4v) is 1.90. The third-order valence-electron chi connectivity index (χ3n) is 2.79. The first kappa shape index (κ1) is 14.2. The van der Waals surface area contributed by atoms with Gasteiger partial charge in [0.1, 0.15) is 12.1 Å². The molecule has 0 atom stereocenters. The van der Waals surface area contributed by atoms with E-state index in [1.165, 1.54) is 11.9 Å². The van der Waals surface area contributed by atoms with Gasteiger partial charge in [0.05, 0.1) is 11.8 Å². The third kappa shape index (κ3) is 4.15. The summed E-state index contributed by atoms with van der Waals surface area (Å²) in [6, 6.07) is 5.98. The maximum Gasteiger partial charge on any atom is 0.218 e. The Kier molecular flexibility index (Phi) is 4.81.